The summed E-state index contributed by atoms with van der Waals surface area (Å²) in [7, 11) is 0. The lowest BCUT2D eigenvalue weighted by Crippen LogP contribution is -2.25. The molecule has 2 aromatic carbocycles. The Kier molecular flexibility index (Phi) is 5.41. The predicted molar refractivity (Wildman–Crippen MR) is 99.7 cm³/mol. The van der Waals surface area contributed by atoms with Crippen LogP contribution in [0.4, 0.5) is 0 Å². The number of ether oxygens (including phenoxy) is 4. The number of carbonyl (C=O) groups excluding carboxylic acids is 1. The fraction of sp³-hybridized carbons (Fsp3) is 0.409. The number of fused-ring (bicyclic) bond motifs is 2. The topological polar surface area (TPSA) is 54.0 Å². The molecule has 0 saturated carbocycles. The molecule has 5 nitrogen and oxygen atoms in total. The molecular weight excluding hydrogens is 344 g/mol. The SMILES string of the molecule is CCOC(=O)c1ccc2c(c1)C(OC1CCCCO1)c1ccccc1CO2. The fourth-order valence-corrected chi connectivity index (χ4v) is 3.59. The molecule has 2 aliphatic rings. The van der Waals surface area contributed by atoms with E-state index in [1.807, 2.05) is 30.3 Å². The summed E-state index contributed by atoms with van der Waals surface area (Å²) >= 11 is 0. The second-order valence-electron chi connectivity index (χ2n) is 6.77. The van der Waals surface area contributed by atoms with Crippen LogP contribution in [0.15, 0.2) is 42.5 Å². The van der Waals surface area contributed by atoms with Gasteiger partial charge in [0.2, 0.25) is 0 Å². The highest BCUT2D eigenvalue weighted by Crippen LogP contribution is 2.40. The van der Waals surface area contributed by atoms with Crippen LogP contribution >= 0.6 is 0 Å². The molecule has 5 heteroatoms. The molecule has 0 N–H and O–H groups in total. The first-order valence-corrected chi connectivity index (χ1v) is 9.55. The van der Waals surface area contributed by atoms with Gasteiger partial charge in [-0.2, -0.15) is 0 Å². The average molecular weight is 368 g/mol. The van der Waals surface area contributed by atoms with Crippen molar-refractivity contribution < 1.29 is 23.7 Å². The third-order valence-corrected chi connectivity index (χ3v) is 4.95. The highest BCUT2D eigenvalue weighted by molar-refractivity contribution is 5.90. The van der Waals surface area contributed by atoms with E-state index >= 15 is 0 Å². The monoisotopic (exact) mass is 368 g/mol. The van der Waals surface area contributed by atoms with E-state index in [4.69, 9.17) is 18.9 Å². The van der Waals surface area contributed by atoms with Gasteiger partial charge in [-0.25, -0.2) is 4.79 Å². The van der Waals surface area contributed by atoms with Crippen molar-refractivity contribution in [3.63, 3.8) is 0 Å². The van der Waals surface area contributed by atoms with E-state index in [1.54, 1.807) is 13.0 Å². The summed E-state index contributed by atoms with van der Waals surface area (Å²) < 4.78 is 23.4. The molecule has 142 valence electrons. The Morgan fingerprint density at radius 3 is 2.85 bits per heavy atom. The van der Waals surface area contributed by atoms with Crippen molar-refractivity contribution in [2.24, 2.45) is 0 Å². The molecule has 0 amide bonds. The van der Waals surface area contributed by atoms with Gasteiger partial charge in [-0.3, -0.25) is 0 Å². The summed E-state index contributed by atoms with van der Waals surface area (Å²) in [6.45, 7) is 3.32. The Morgan fingerprint density at radius 1 is 1.15 bits per heavy atom. The molecule has 0 aromatic heterocycles. The van der Waals surface area contributed by atoms with Crippen molar-refractivity contribution in [2.75, 3.05) is 13.2 Å². The molecule has 0 bridgehead atoms. The minimum Gasteiger partial charge on any atom is -0.488 e. The summed E-state index contributed by atoms with van der Waals surface area (Å²) in [6.07, 6.45) is 2.41. The highest BCUT2D eigenvalue weighted by Gasteiger charge is 2.30. The number of hydrogen-bond acceptors (Lipinski definition) is 5. The van der Waals surface area contributed by atoms with Crippen molar-refractivity contribution in [1.82, 2.24) is 0 Å². The smallest absolute Gasteiger partial charge is 0.338 e. The van der Waals surface area contributed by atoms with Crippen molar-refractivity contribution in [3.8, 4) is 5.75 Å². The minimum absolute atomic E-state index is 0.256. The van der Waals surface area contributed by atoms with Crippen molar-refractivity contribution in [1.29, 1.82) is 0 Å². The first kappa shape index (κ1) is 18.0. The molecule has 2 aliphatic heterocycles. The van der Waals surface area contributed by atoms with E-state index in [9.17, 15) is 4.79 Å². The molecule has 1 fully saturated rings. The van der Waals surface area contributed by atoms with Gasteiger partial charge in [0.25, 0.3) is 0 Å². The quantitative estimate of drug-likeness (QED) is 0.749. The van der Waals surface area contributed by atoms with Crippen LogP contribution in [-0.2, 0) is 20.8 Å². The lowest BCUT2D eigenvalue weighted by Gasteiger charge is -2.28. The van der Waals surface area contributed by atoms with Crippen LogP contribution in [0.5, 0.6) is 5.75 Å². The molecule has 0 aliphatic carbocycles. The number of esters is 1. The largest absolute Gasteiger partial charge is 0.488 e. The van der Waals surface area contributed by atoms with Crippen LogP contribution in [0, 0.1) is 0 Å². The number of hydrogen-bond donors (Lipinski definition) is 0. The average Bonchev–Trinajstić information content (AvgIpc) is 2.86. The molecular formula is C22H24O5. The molecule has 0 spiro atoms. The summed E-state index contributed by atoms with van der Waals surface area (Å²) in [5.74, 6) is 0.380. The van der Waals surface area contributed by atoms with E-state index in [2.05, 4.69) is 6.07 Å². The first-order chi connectivity index (χ1) is 13.3. The second-order valence-corrected chi connectivity index (χ2v) is 6.77. The van der Waals surface area contributed by atoms with E-state index in [1.165, 1.54) is 0 Å². The van der Waals surface area contributed by atoms with Gasteiger partial charge in [0.05, 0.1) is 12.2 Å². The van der Waals surface area contributed by atoms with E-state index in [0.717, 1.165) is 41.7 Å². The maximum Gasteiger partial charge on any atom is 0.338 e. The predicted octanol–water partition coefficient (Wildman–Crippen LogP) is 4.39. The Labute approximate surface area is 159 Å². The van der Waals surface area contributed by atoms with Gasteiger partial charge in [0, 0.05) is 12.2 Å². The molecule has 27 heavy (non-hydrogen) atoms. The second kappa shape index (κ2) is 8.11. The maximum absolute atomic E-state index is 12.2. The van der Waals surface area contributed by atoms with Crippen LogP contribution in [0.2, 0.25) is 0 Å². The standard InChI is InChI=1S/C22H24O5/c1-2-24-22(23)15-10-11-19-18(13-15)21(27-20-9-5-6-12-25-20)17-8-4-3-7-16(17)14-26-19/h3-4,7-8,10-11,13,20-21H,2,5-6,9,12,14H2,1H3. The van der Waals surface area contributed by atoms with Crippen LogP contribution in [0.3, 0.4) is 0 Å². The number of benzene rings is 2. The molecule has 2 aromatic rings. The fourth-order valence-electron chi connectivity index (χ4n) is 3.59. The van der Waals surface area contributed by atoms with Gasteiger partial charge in [-0.15, -0.1) is 0 Å². The van der Waals surface area contributed by atoms with Crippen molar-refractivity contribution in [3.05, 3.63) is 64.7 Å². The zero-order valence-corrected chi connectivity index (χ0v) is 15.5. The molecule has 0 radical (unpaired) electrons. The summed E-state index contributed by atoms with van der Waals surface area (Å²) in [5, 5.41) is 0. The van der Waals surface area contributed by atoms with Crippen LogP contribution < -0.4 is 4.74 Å². The van der Waals surface area contributed by atoms with E-state index in [0.29, 0.717) is 25.4 Å². The van der Waals surface area contributed by atoms with Crippen molar-refractivity contribution >= 4 is 5.97 Å². The normalized spacial score (nSPS) is 21.4. The van der Waals surface area contributed by atoms with E-state index in [-0.39, 0.29) is 18.4 Å². The Bertz CT molecular complexity index is 810. The number of rotatable bonds is 4. The third kappa shape index (κ3) is 3.84. The van der Waals surface area contributed by atoms with Crippen LogP contribution in [0.1, 0.15) is 59.3 Å². The van der Waals surface area contributed by atoms with Crippen LogP contribution in [0.25, 0.3) is 0 Å². The third-order valence-electron chi connectivity index (χ3n) is 4.95. The van der Waals surface area contributed by atoms with Gasteiger partial charge >= 0.3 is 5.97 Å². The lowest BCUT2D eigenvalue weighted by atomic mass is 9.96. The van der Waals surface area contributed by atoms with Gasteiger partial charge in [-0.1, -0.05) is 24.3 Å². The van der Waals surface area contributed by atoms with Gasteiger partial charge in [-0.05, 0) is 55.5 Å². The minimum atomic E-state index is -0.351. The summed E-state index contributed by atoms with van der Waals surface area (Å²) in [4.78, 5) is 12.2. The molecule has 4 rings (SSSR count). The molecule has 2 heterocycles. The molecule has 2 atom stereocenters. The summed E-state index contributed by atoms with van der Waals surface area (Å²) in [6, 6.07) is 13.5. The van der Waals surface area contributed by atoms with Gasteiger partial charge < -0.3 is 18.9 Å². The molecule has 1 saturated heterocycles. The number of carbonyl (C=O) groups is 1. The Balaban J connectivity index is 1.74. The van der Waals surface area contributed by atoms with Gasteiger partial charge in [0.15, 0.2) is 6.29 Å². The first-order valence-electron chi connectivity index (χ1n) is 9.55. The highest BCUT2D eigenvalue weighted by atomic mass is 16.7. The van der Waals surface area contributed by atoms with E-state index < -0.39 is 0 Å². The maximum atomic E-state index is 12.2. The Hall–Kier alpha value is -2.37. The van der Waals surface area contributed by atoms with Crippen LogP contribution in [-0.4, -0.2) is 25.5 Å². The lowest BCUT2D eigenvalue weighted by molar-refractivity contribution is -0.181. The Morgan fingerprint density at radius 2 is 2.04 bits per heavy atom. The zero-order chi connectivity index (χ0) is 18.6. The summed E-state index contributed by atoms with van der Waals surface area (Å²) in [5.41, 5.74) is 3.45. The molecule has 2 unspecified atom stereocenters. The van der Waals surface area contributed by atoms with Crippen molar-refractivity contribution in [2.45, 2.75) is 45.2 Å². The zero-order valence-electron chi connectivity index (χ0n) is 15.5. The van der Waals surface area contributed by atoms with Gasteiger partial charge in [0.1, 0.15) is 18.5 Å².